The minimum atomic E-state index is -0.525. The minimum absolute atomic E-state index is 0.0230. The molecule has 0 aliphatic carbocycles. The van der Waals surface area contributed by atoms with Crippen LogP contribution in [0.3, 0.4) is 0 Å². The molecule has 4 aliphatic rings. The van der Waals surface area contributed by atoms with Crippen LogP contribution >= 0.6 is 0 Å². The van der Waals surface area contributed by atoms with Crippen molar-refractivity contribution >= 4 is 30.0 Å². The van der Waals surface area contributed by atoms with Crippen molar-refractivity contribution in [3.63, 3.8) is 0 Å². The molecule has 5 amide bonds. The van der Waals surface area contributed by atoms with Crippen LogP contribution in [0.15, 0.2) is 40.9 Å². The molecule has 3 N–H and O–H groups in total. The number of allylic oxidation sites excluding steroid dienone is 1. The molecule has 2 fully saturated rings. The second kappa shape index (κ2) is 10.2. The highest BCUT2D eigenvalue weighted by molar-refractivity contribution is 6.21. The molecule has 0 aromatic heterocycles. The molecule has 1 aromatic carbocycles. The topological polar surface area (TPSA) is 128 Å². The Morgan fingerprint density at radius 2 is 1.61 bits per heavy atom. The van der Waals surface area contributed by atoms with Gasteiger partial charge in [0.2, 0.25) is 5.91 Å². The zero-order valence-electron chi connectivity index (χ0n) is 20.3. The molecule has 1 unspecified atom stereocenters. The van der Waals surface area contributed by atoms with E-state index >= 15 is 0 Å². The number of imide groups is 1. The number of primary amides is 1. The molecule has 0 saturated carbocycles. The summed E-state index contributed by atoms with van der Waals surface area (Å²) < 4.78 is 0. The summed E-state index contributed by atoms with van der Waals surface area (Å²) in [4.78, 5) is 59.7. The number of carbonyl (C=O) groups excluding carboxylic acids is 4. The number of benzene rings is 1. The molecule has 0 bridgehead atoms. The molecule has 0 spiro atoms. The number of amides is 5. The first-order valence-electron chi connectivity index (χ1n) is 12.7. The average molecular weight is 493 g/mol. The van der Waals surface area contributed by atoms with E-state index in [-0.39, 0.29) is 29.7 Å². The number of fused-ring (bicyclic) bond motifs is 1. The molecule has 2 saturated heterocycles. The summed E-state index contributed by atoms with van der Waals surface area (Å²) in [7, 11) is 0. The molecule has 10 heteroatoms. The first-order chi connectivity index (χ1) is 17.4. The quantitative estimate of drug-likeness (QED) is 0.600. The number of hydrogen-bond acceptors (Lipinski definition) is 6. The lowest BCUT2D eigenvalue weighted by atomic mass is 9.93. The molecule has 5 rings (SSSR count). The lowest BCUT2D eigenvalue weighted by Crippen LogP contribution is -2.50. The Morgan fingerprint density at radius 1 is 0.972 bits per heavy atom. The molecule has 36 heavy (non-hydrogen) atoms. The predicted octanol–water partition coefficient (Wildman–Crippen LogP) is 1.38. The van der Waals surface area contributed by atoms with Crippen LogP contribution in [0.4, 0.5) is 4.79 Å². The van der Waals surface area contributed by atoms with Crippen LogP contribution in [-0.2, 0) is 4.79 Å². The summed E-state index contributed by atoms with van der Waals surface area (Å²) in [5.74, 6) is -0.336. The van der Waals surface area contributed by atoms with Crippen molar-refractivity contribution in [3.05, 3.63) is 47.0 Å². The summed E-state index contributed by atoms with van der Waals surface area (Å²) >= 11 is 0. The minimum Gasteiger partial charge on any atom is -0.352 e. The fraction of sp³-hybridized carbons (Fsp3) is 0.500. The highest BCUT2D eigenvalue weighted by Crippen LogP contribution is 2.29. The van der Waals surface area contributed by atoms with Crippen molar-refractivity contribution in [2.24, 2.45) is 16.6 Å². The second-order valence-corrected chi connectivity index (χ2v) is 9.99. The third kappa shape index (κ3) is 4.90. The van der Waals surface area contributed by atoms with Crippen molar-refractivity contribution in [1.29, 1.82) is 0 Å². The summed E-state index contributed by atoms with van der Waals surface area (Å²) in [5, 5.41) is 2.74. The molecular formula is C26H32N6O4. The van der Waals surface area contributed by atoms with E-state index in [0.29, 0.717) is 30.6 Å². The van der Waals surface area contributed by atoms with Crippen LogP contribution < -0.4 is 11.1 Å². The van der Waals surface area contributed by atoms with Crippen LogP contribution in [-0.4, -0.2) is 89.6 Å². The zero-order valence-corrected chi connectivity index (χ0v) is 20.3. The van der Waals surface area contributed by atoms with Crippen molar-refractivity contribution in [2.45, 2.75) is 44.3 Å². The van der Waals surface area contributed by atoms with E-state index in [4.69, 9.17) is 5.73 Å². The van der Waals surface area contributed by atoms with Crippen LogP contribution in [0.25, 0.3) is 0 Å². The fourth-order valence-corrected chi connectivity index (χ4v) is 5.69. The van der Waals surface area contributed by atoms with E-state index in [1.54, 1.807) is 30.5 Å². The lowest BCUT2D eigenvalue weighted by Gasteiger charge is -2.37. The van der Waals surface area contributed by atoms with E-state index in [0.717, 1.165) is 50.9 Å². The van der Waals surface area contributed by atoms with Gasteiger partial charge in [-0.15, -0.1) is 0 Å². The number of nitrogens with one attached hydrogen (secondary N) is 1. The van der Waals surface area contributed by atoms with E-state index < -0.39 is 12.2 Å². The standard InChI is InChI=1S/C26H32N6O4/c27-26(36)29-19-8-13-31(14-9-19)23(33)18-6-11-30(12-7-18)16-17-5-10-28-22(15-17)32-24(34)20-3-1-2-4-21(20)25(32)35/h1-5,10,18-19,22H,6-9,11-16H2,(H3,27,29,36). The average Bonchev–Trinajstić information content (AvgIpc) is 3.14. The number of likely N-dealkylation sites (tertiary alicyclic amines) is 2. The number of nitrogens with zero attached hydrogens (tertiary/aromatic N) is 4. The van der Waals surface area contributed by atoms with Gasteiger partial charge in [0.25, 0.3) is 11.8 Å². The number of piperidine rings is 2. The van der Waals surface area contributed by atoms with Crippen LogP contribution in [0, 0.1) is 5.92 Å². The number of dihydropyridines is 1. The summed E-state index contributed by atoms with van der Waals surface area (Å²) in [6.45, 7) is 3.67. The number of rotatable bonds is 5. The molecule has 190 valence electrons. The van der Waals surface area contributed by atoms with Crippen LogP contribution in [0.2, 0.25) is 0 Å². The molecule has 10 nitrogen and oxygen atoms in total. The summed E-state index contributed by atoms with van der Waals surface area (Å²) in [6.07, 6.45) is 6.74. The maximum Gasteiger partial charge on any atom is 0.312 e. The first-order valence-corrected chi connectivity index (χ1v) is 12.7. The van der Waals surface area contributed by atoms with E-state index in [9.17, 15) is 19.2 Å². The predicted molar refractivity (Wildman–Crippen MR) is 133 cm³/mol. The zero-order chi connectivity index (χ0) is 25.2. The molecule has 4 aliphatic heterocycles. The third-order valence-electron chi connectivity index (χ3n) is 7.65. The molecule has 1 aromatic rings. The van der Waals surface area contributed by atoms with Crippen molar-refractivity contribution < 1.29 is 19.2 Å². The Kier molecular flexibility index (Phi) is 6.86. The maximum absolute atomic E-state index is 13.0. The first kappa shape index (κ1) is 24.2. The number of urea groups is 1. The van der Waals surface area contributed by atoms with Gasteiger partial charge in [0, 0.05) is 44.2 Å². The van der Waals surface area contributed by atoms with Crippen LogP contribution in [0.5, 0.6) is 0 Å². The lowest BCUT2D eigenvalue weighted by molar-refractivity contribution is -0.138. The normalized spacial score (nSPS) is 23.6. The van der Waals surface area contributed by atoms with E-state index in [1.807, 2.05) is 11.0 Å². The monoisotopic (exact) mass is 492 g/mol. The molecular weight excluding hydrogens is 460 g/mol. The molecule has 4 heterocycles. The summed E-state index contributed by atoms with van der Waals surface area (Å²) in [6, 6.07) is 6.43. The van der Waals surface area contributed by atoms with Crippen molar-refractivity contribution in [3.8, 4) is 0 Å². The van der Waals surface area contributed by atoms with E-state index in [2.05, 4.69) is 15.2 Å². The van der Waals surface area contributed by atoms with Crippen LogP contribution in [0.1, 0.15) is 52.8 Å². The number of hydrogen-bond donors (Lipinski definition) is 2. The SMILES string of the molecule is NC(=O)NC1CCN(C(=O)C2CCN(CC3=CC=NC(N4C(=O)c5ccccc5C4=O)C3)CC2)CC1. The number of carbonyl (C=O) groups is 4. The van der Waals surface area contributed by atoms with Gasteiger partial charge in [0.15, 0.2) is 0 Å². The largest absolute Gasteiger partial charge is 0.352 e. The number of aliphatic imine (C=N–C) groups is 1. The number of nitrogens with two attached hydrogens (primary N) is 1. The van der Waals surface area contributed by atoms with Gasteiger partial charge in [0.05, 0.1) is 11.1 Å². The highest BCUT2D eigenvalue weighted by atomic mass is 16.2. The van der Waals surface area contributed by atoms with Gasteiger partial charge in [0.1, 0.15) is 6.17 Å². The van der Waals surface area contributed by atoms with Gasteiger partial charge in [-0.1, -0.05) is 17.7 Å². The Balaban J connectivity index is 1.10. The Hall–Kier alpha value is -3.53. The van der Waals surface area contributed by atoms with Crippen molar-refractivity contribution in [2.75, 3.05) is 32.7 Å². The van der Waals surface area contributed by atoms with Gasteiger partial charge in [-0.2, -0.15) is 0 Å². The Bertz CT molecular complexity index is 1080. The van der Waals surface area contributed by atoms with Gasteiger partial charge in [-0.05, 0) is 57.0 Å². The van der Waals surface area contributed by atoms with Gasteiger partial charge < -0.3 is 16.0 Å². The smallest absolute Gasteiger partial charge is 0.312 e. The van der Waals surface area contributed by atoms with Gasteiger partial charge in [-0.25, -0.2) is 4.79 Å². The van der Waals surface area contributed by atoms with E-state index in [1.165, 1.54) is 4.90 Å². The molecule has 0 radical (unpaired) electrons. The highest BCUT2D eigenvalue weighted by Gasteiger charge is 2.40. The third-order valence-corrected chi connectivity index (χ3v) is 7.65. The fourth-order valence-electron chi connectivity index (χ4n) is 5.69. The maximum atomic E-state index is 13.0. The van der Waals surface area contributed by atoms with Crippen molar-refractivity contribution in [1.82, 2.24) is 20.0 Å². The Labute approximate surface area is 210 Å². The van der Waals surface area contributed by atoms with Gasteiger partial charge in [-0.3, -0.25) is 29.2 Å². The summed E-state index contributed by atoms with van der Waals surface area (Å²) in [5.41, 5.74) is 7.21. The second-order valence-electron chi connectivity index (χ2n) is 9.99. The van der Waals surface area contributed by atoms with Gasteiger partial charge >= 0.3 is 6.03 Å². The Morgan fingerprint density at radius 3 is 2.22 bits per heavy atom. The molecule has 1 atom stereocenters.